The Bertz CT molecular complexity index is 138. The van der Waals surface area contributed by atoms with Gasteiger partial charge in [0.05, 0.1) is 0 Å². The van der Waals surface area contributed by atoms with E-state index in [-0.39, 0.29) is 0 Å². The standard InChI is InChI=1S/C11H21BrO/c1-9-5-6-11(12)10(8-9)4-3-7-13-2/h9-11H,3-8H2,1-2H3. The maximum atomic E-state index is 5.08. The molecule has 1 nitrogen and oxygen atoms in total. The molecule has 1 rings (SSSR count). The normalized spacial score (nSPS) is 34.8. The molecule has 0 N–H and O–H groups in total. The molecule has 1 saturated carbocycles. The number of methoxy groups -OCH3 is 1. The maximum absolute atomic E-state index is 5.08. The van der Waals surface area contributed by atoms with E-state index >= 15 is 0 Å². The second-order valence-corrected chi connectivity index (χ2v) is 5.51. The molecule has 2 heteroatoms. The maximum Gasteiger partial charge on any atom is 0.0462 e. The third-order valence-corrected chi connectivity index (χ3v) is 4.28. The van der Waals surface area contributed by atoms with Crippen molar-refractivity contribution in [2.24, 2.45) is 11.8 Å². The summed E-state index contributed by atoms with van der Waals surface area (Å²) in [5.74, 6) is 1.82. The van der Waals surface area contributed by atoms with Crippen molar-refractivity contribution in [2.75, 3.05) is 13.7 Å². The third-order valence-electron chi connectivity index (χ3n) is 3.08. The highest BCUT2D eigenvalue weighted by molar-refractivity contribution is 9.09. The predicted molar refractivity (Wildman–Crippen MR) is 60.3 cm³/mol. The number of hydrogen-bond acceptors (Lipinski definition) is 1. The van der Waals surface area contributed by atoms with Gasteiger partial charge in [0, 0.05) is 18.5 Å². The quantitative estimate of drug-likeness (QED) is 0.546. The van der Waals surface area contributed by atoms with Gasteiger partial charge in [0.15, 0.2) is 0 Å². The summed E-state index contributed by atoms with van der Waals surface area (Å²) < 4.78 is 5.08. The molecule has 0 bridgehead atoms. The number of alkyl halides is 1. The molecule has 1 aliphatic carbocycles. The van der Waals surface area contributed by atoms with Gasteiger partial charge in [-0.25, -0.2) is 0 Å². The molecule has 0 spiro atoms. The van der Waals surface area contributed by atoms with Crippen LogP contribution < -0.4 is 0 Å². The Hall–Kier alpha value is 0.440. The lowest BCUT2D eigenvalue weighted by atomic mass is 9.80. The summed E-state index contributed by atoms with van der Waals surface area (Å²) in [6.45, 7) is 3.30. The molecule has 0 aliphatic heterocycles. The summed E-state index contributed by atoms with van der Waals surface area (Å²) in [5.41, 5.74) is 0. The van der Waals surface area contributed by atoms with E-state index in [0.717, 1.165) is 23.3 Å². The van der Waals surface area contributed by atoms with Crippen molar-refractivity contribution in [2.45, 2.75) is 43.9 Å². The van der Waals surface area contributed by atoms with E-state index in [4.69, 9.17) is 4.74 Å². The van der Waals surface area contributed by atoms with Gasteiger partial charge in [-0.3, -0.25) is 0 Å². The van der Waals surface area contributed by atoms with Gasteiger partial charge in [-0.2, -0.15) is 0 Å². The minimum absolute atomic E-state index is 0.764. The molecule has 0 aromatic rings. The van der Waals surface area contributed by atoms with Gasteiger partial charge in [-0.05, 0) is 43.9 Å². The van der Waals surface area contributed by atoms with Crippen LogP contribution in [0.1, 0.15) is 39.0 Å². The highest BCUT2D eigenvalue weighted by Crippen LogP contribution is 2.35. The van der Waals surface area contributed by atoms with Gasteiger partial charge in [0.1, 0.15) is 0 Å². The first-order valence-corrected chi connectivity index (χ1v) is 6.28. The first-order chi connectivity index (χ1) is 6.24. The molecule has 0 radical (unpaired) electrons. The van der Waals surface area contributed by atoms with Crippen molar-refractivity contribution in [1.82, 2.24) is 0 Å². The van der Waals surface area contributed by atoms with Crippen LogP contribution in [0.25, 0.3) is 0 Å². The zero-order valence-electron chi connectivity index (χ0n) is 8.76. The van der Waals surface area contributed by atoms with Crippen molar-refractivity contribution in [3.8, 4) is 0 Å². The lowest BCUT2D eigenvalue weighted by Gasteiger charge is -2.31. The van der Waals surface area contributed by atoms with Gasteiger partial charge >= 0.3 is 0 Å². The summed E-state index contributed by atoms with van der Waals surface area (Å²) in [4.78, 5) is 0.764. The van der Waals surface area contributed by atoms with E-state index in [0.29, 0.717) is 0 Å². The lowest BCUT2D eigenvalue weighted by Crippen LogP contribution is -2.24. The van der Waals surface area contributed by atoms with Crippen LogP contribution in [0.2, 0.25) is 0 Å². The van der Waals surface area contributed by atoms with E-state index in [1.165, 1.54) is 32.1 Å². The van der Waals surface area contributed by atoms with Crippen molar-refractivity contribution >= 4 is 15.9 Å². The monoisotopic (exact) mass is 248 g/mol. The minimum Gasteiger partial charge on any atom is -0.385 e. The third kappa shape index (κ3) is 3.99. The van der Waals surface area contributed by atoms with Crippen LogP contribution in [0.5, 0.6) is 0 Å². The topological polar surface area (TPSA) is 9.23 Å². The molecule has 0 saturated heterocycles. The van der Waals surface area contributed by atoms with E-state index in [9.17, 15) is 0 Å². The fraction of sp³-hybridized carbons (Fsp3) is 1.00. The second kappa shape index (κ2) is 6.02. The summed E-state index contributed by atoms with van der Waals surface area (Å²) in [6.07, 6.45) is 6.71. The molecule has 13 heavy (non-hydrogen) atoms. The summed E-state index contributed by atoms with van der Waals surface area (Å²) >= 11 is 3.79. The molecule has 78 valence electrons. The van der Waals surface area contributed by atoms with Crippen LogP contribution in [-0.4, -0.2) is 18.5 Å². The summed E-state index contributed by atoms with van der Waals surface area (Å²) in [6, 6.07) is 0. The van der Waals surface area contributed by atoms with Gasteiger partial charge in [0.25, 0.3) is 0 Å². The molecule has 0 aromatic carbocycles. The zero-order valence-corrected chi connectivity index (χ0v) is 10.3. The average Bonchev–Trinajstić information content (AvgIpc) is 2.11. The smallest absolute Gasteiger partial charge is 0.0462 e. The zero-order chi connectivity index (χ0) is 9.68. The van der Waals surface area contributed by atoms with Gasteiger partial charge in [-0.15, -0.1) is 0 Å². The van der Waals surface area contributed by atoms with Crippen LogP contribution in [0.15, 0.2) is 0 Å². The number of rotatable bonds is 4. The first-order valence-electron chi connectivity index (χ1n) is 5.37. The van der Waals surface area contributed by atoms with Crippen molar-refractivity contribution in [3.05, 3.63) is 0 Å². The SMILES string of the molecule is COCCCC1CC(C)CCC1Br. The predicted octanol–water partition coefficient (Wildman–Crippen LogP) is 3.61. The lowest BCUT2D eigenvalue weighted by molar-refractivity contribution is 0.178. The van der Waals surface area contributed by atoms with Crippen LogP contribution in [0.4, 0.5) is 0 Å². The number of ether oxygens (including phenoxy) is 1. The molecule has 1 fully saturated rings. The van der Waals surface area contributed by atoms with Crippen molar-refractivity contribution in [1.29, 1.82) is 0 Å². The van der Waals surface area contributed by atoms with E-state index in [2.05, 4.69) is 22.9 Å². The molecular weight excluding hydrogens is 228 g/mol. The van der Waals surface area contributed by atoms with E-state index in [1.54, 1.807) is 7.11 Å². The minimum atomic E-state index is 0.764. The molecule has 0 aromatic heterocycles. The largest absolute Gasteiger partial charge is 0.385 e. The Kier molecular flexibility index (Phi) is 5.34. The number of hydrogen-bond donors (Lipinski definition) is 0. The molecule has 3 atom stereocenters. The number of halogens is 1. The summed E-state index contributed by atoms with van der Waals surface area (Å²) in [5, 5.41) is 0. The molecule has 0 amide bonds. The highest BCUT2D eigenvalue weighted by Gasteiger charge is 2.25. The van der Waals surface area contributed by atoms with E-state index in [1.807, 2.05) is 0 Å². The van der Waals surface area contributed by atoms with Gasteiger partial charge in [0.2, 0.25) is 0 Å². The van der Waals surface area contributed by atoms with Crippen molar-refractivity contribution < 1.29 is 4.74 Å². The van der Waals surface area contributed by atoms with Crippen LogP contribution in [0, 0.1) is 11.8 Å². The Morgan fingerprint density at radius 1 is 1.38 bits per heavy atom. The van der Waals surface area contributed by atoms with E-state index < -0.39 is 0 Å². The van der Waals surface area contributed by atoms with Crippen LogP contribution >= 0.6 is 15.9 Å². The molecule has 3 unspecified atom stereocenters. The second-order valence-electron chi connectivity index (χ2n) is 4.33. The van der Waals surface area contributed by atoms with Crippen LogP contribution in [-0.2, 0) is 4.74 Å². The first kappa shape index (κ1) is 11.5. The highest BCUT2D eigenvalue weighted by atomic mass is 79.9. The van der Waals surface area contributed by atoms with Gasteiger partial charge < -0.3 is 4.74 Å². The Labute approximate surface area is 90.4 Å². The average molecular weight is 249 g/mol. The molecule has 1 aliphatic rings. The Morgan fingerprint density at radius 2 is 2.15 bits per heavy atom. The fourth-order valence-electron chi connectivity index (χ4n) is 2.25. The van der Waals surface area contributed by atoms with Gasteiger partial charge in [-0.1, -0.05) is 22.9 Å². The fourth-order valence-corrected chi connectivity index (χ4v) is 2.99. The Balaban J connectivity index is 2.21. The molecule has 0 heterocycles. The Morgan fingerprint density at radius 3 is 2.85 bits per heavy atom. The summed E-state index contributed by atoms with van der Waals surface area (Å²) in [7, 11) is 1.79. The molecular formula is C11H21BrO. The van der Waals surface area contributed by atoms with Crippen LogP contribution in [0.3, 0.4) is 0 Å². The van der Waals surface area contributed by atoms with Crippen molar-refractivity contribution in [3.63, 3.8) is 0 Å².